The molecule has 3 atom stereocenters. The molecule has 0 saturated heterocycles. The van der Waals surface area contributed by atoms with Crippen molar-refractivity contribution in [1.82, 2.24) is 0 Å². The fourth-order valence-corrected chi connectivity index (χ4v) is 4.20. The van der Waals surface area contributed by atoms with Crippen molar-refractivity contribution in [2.45, 2.75) is 38.7 Å². The van der Waals surface area contributed by atoms with Crippen molar-refractivity contribution in [3.63, 3.8) is 0 Å². The predicted molar refractivity (Wildman–Crippen MR) is 63.9 cm³/mol. The van der Waals surface area contributed by atoms with Crippen LogP contribution in [0.2, 0.25) is 0 Å². The average Bonchev–Trinajstić information content (AvgIpc) is 2.41. The fourth-order valence-electron chi connectivity index (χ4n) is 2.42. The molecule has 2 rings (SSSR count). The molecule has 1 fully saturated rings. The molecule has 1 aromatic heterocycles. The van der Waals surface area contributed by atoms with Crippen molar-refractivity contribution in [3.8, 4) is 0 Å². The number of halogens is 1. The number of aryl methyl sites for hydroxylation is 1. The molecule has 1 aliphatic carbocycles. The summed E-state index contributed by atoms with van der Waals surface area (Å²) in [7, 11) is 0. The van der Waals surface area contributed by atoms with E-state index in [0.717, 1.165) is 12.8 Å². The lowest BCUT2D eigenvalue weighted by atomic mass is 9.66. The fraction of sp³-hybridized carbons (Fsp3) is 0.636. The molecular weight excluding hydrogens is 260 g/mol. The molecule has 1 aliphatic rings. The highest BCUT2D eigenvalue weighted by Crippen LogP contribution is 2.47. The Kier molecular flexibility index (Phi) is 3.01. The molecule has 1 aromatic rings. The van der Waals surface area contributed by atoms with Crippen LogP contribution in [0.4, 0.5) is 0 Å². The van der Waals surface area contributed by atoms with Crippen molar-refractivity contribution in [3.05, 3.63) is 20.3 Å². The van der Waals surface area contributed by atoms with Crippen LogP contribution in [-0.2, 0) is 0 Å². The maximum atomic E-state index is 9.63. The Bertz CT molecular complexity index is 334. The first-order valence-electron chi connectivity index (χ1n) is 5.07. The van der Waals surface area contributed by atoms with E-state index in [-0.39, 0.29) is 6.10 Å². The minimum Gasteiger partial charge on any atom is -0.393 e. The van der Waals surface area contributed by atoms with Crippen molar-refractivity contribution in [2.24, 2.45) is 5.92 Å². The van der Waals surface area contributed by atoms with E-state index in [4.69, 9.17) is 0 Å². The van der Waals surface area contributed by atoms with Crippen LogP contribution in [0, 0.1) is 12.8 Å². The summed E-state index contributed by atoms with van der Waals surface area (Å²) < 4.78 is 1.21. The second kappa shape index (κ2) is 3.95. The van der Waals surface area contributed by atoms with Gasteiger partial charge in [-0.1, -0.05) is 13.3 Å². The highest BCUT2D eigenvalue weighted by Gasteiger charge is 2.40. The highest BCUT2D eigenvalue weighted by atomic mass is 79.9. The summed E-state index contributed by atoms with van der Waals surface area (Å²) >= 11 is 5.31. The van der Waals surface area contributed by atoms with Gasteiger partial charge in [-0.3, -0.25) is 0 Å². The molecule has 1 N–H and O–H groups in total. The predicted octanol–water partition coefficient (Wildman–Crippen LogP) is 3.69. The summed E-state index contributed by atoms with van der Waals surface area (Å²) in [5.74, 6) is 1.08. The Morgan fingerprint density at radius 2 is 2.36 bits per heavy atom. The third-order valence-corrected chi connectivity index (χ3v) is 4.87. The van der Waals surface area contributed by atoms with Gasteiger partial charge in [0, 0.05) is 4.88 Å². The van der Waals surface area contributed by atoms with Crippen LogP contribution in [-0.4, -0.2) is 11.2 Å². The van der Waals surface area contributed by atoms with Gasteiger partial charge in [-0.15, -0.1) is 11.3 Å². The second-order valence-electron chi connectivity index (χ2n) is 4.04. The lowest BCUT2D eigenvalue weighted by Gasteiger charge is -2.41. The molecule has 0 aliphatic heterocycles. The van der Waals surface area contributed by atoms with E-state index < -0.39 is 0 Å². The SMILES string of the molecule is CCC1C(O)CC1c1cc(Br)sc1C. The Morgan fingerprint density at radius 3 is 2.79 bits per heavy atom. The van der Waals surface area contributed by atoms with Crippen LogP contribution in [0.15, 0.2) is 9.85 Å². The number of hydrogen-bond donors (Lipinski definition) is 1. The largest absolute Gasteiger partial charge is 0.393 e. The number of thiophene rings is 1. The lowest BCUT2D eigenvalue weighted by molar-refractivity contribution is -0.000769. The average molecular weight is 275 g/mol. The van der Waals surface area contributed by atoms with E-state index in [9.17, 15) is 5.11 Å². The van der Waals surface area contributed by atoms with E-state index in [0.29, 0.717) is 11.8 Å². The van der Waals surface area contributed by atoms with Crippen molar-refractivity contribution >= 4 is 27.3 Å². The third-order valence-electron chi connectivity index (χ3n) is 3.30. The summed E-state index contributed by atoms with van der Waals surface area (Å²) in [6.45, 7) is 4.33. The first-order valence-corrected chi connectivity index (χ1v) is 6.68. The zero-order valence-corrected chi connectivity index (χ0v) is 10.9. The van der Waals surface area contributed by atoms with Crippen molar-refractivity contribution < 1.29 is 5.11 Å². The van der Waals surface area contributed by atoms with Gasteiger partial charge < -0.3 is 5.11 Å². The van der Waals surface area contributed by atoms with E-state index >= 15 is 0 Å². The Morgan fingerprint density at radius 1 is 1.64 bits per heavy atom. The Balaban J connectivity index is 2.20. The second-order valence-corrected chi connectivity index (χ2v) is 6.68. The molecule has 0 bridgehead atoms. The van der Waals surface area contributed by atoms with E-state index in [1.807, 2.05) is 0 Å². The van der Waals surface area contributed by atoms with Gasteiger partial charge in [0.15, 0.2) is 0 Å². The van der Waals surface area contributed by atoms with Gasteiger partial charge >= 0.3 is 0 Å². The van der Waals surface area contributed by atoms with Crippen molar-refractivity contribution in [1.29, 1.82) is 0 Å². The first kappa shape index (κ1) is 10.7. The molecule has 78 valence electrons. The van der Waals surface area contributed by atoms with Crippen LogP contribution < -0.4 is 0 Å². The standard InChI is InChI=1S/C11H15BrOS/c1-3-7-9(4-10(7)13)8-5-11(12)14-6(8)2/h5,7,9-10,13H,3-4H2,1-2H3. The normalized spacial score (nSPS) is 31.6. The quantitative estimate of drug-likeness (QED) is 0.872. The summed E-state index contributed by atoms with van der Waals surface area (Å²) in [5, 5.41) is 9.63. The van der Waals surface area contributed by atoms with E-state index in [1.165, 1.54) is 14.2 Å². The molecule has 0 amide bonds. The van der Waals surface area contributed by atoms with Crippen LogP contribution in [0.5, 0.6) is 0 Å². The molecular formula is C11H15BrOS. The number of rotatable bonds is 2. The number of aliphatic hydroxyl groups excluding tert-OH is 1. The minimum absolute atomic E-state index is 0.0666. The lowest BCUT2D eigenvalue weighted by Crippen LogP contribution is -2.39. The monoisotopic (exact) mass is 274 g/mol. The maximum Gasteiger partial charge on any atom is 0.0704 e. The van der Waals surface area contributed by atoms with Crippen LogP contribution in [0.1, 0.15) is 36.1 Å². The highest BCUT2D eigenvalue weighted by molar-refractivity contribution is 9.11. The number of aliphatic hydroxyl groups is 1. The summed E-state index contributed by atoms with van der Waals surface area (Å²) in [4.78, 5) is 1.40. The van der Waals surface area contributed by atoms with Gasteiger partial charge in [-0.25, -0.2) is 0 Å². The van der Waals surface area contributed by atoms with Crippen LogP contribution in [0.3, 0.4) is 0 Å². The Hall–Kier alpha value is 0.140. The smallest absolute Gasteiger partial charge is 0.0704 e. The van der Waals surface area contributed by atoms with Gasteiger partial charge in [0.25, 0.3) is 0 Å². The Labute approximate surface area is 97.3 Å². The molecule has 1 saturated carbocycles. The van der Waals surface area contributed by atoms with E-state index in [1.54, 1.807) is 11.3 Å². The van der Waals surface area contributed by atoms with Crippen LogP contribution >= 0.6 is 27.3 Å². The molecule has 3 unspecified atom stereocenters. The molecule has 14 heavy (non-hydrogen) atoms. The minimum atomic E-state index is -0.0666. The molecule has 0 radical (unpaired) electrons. The summed E-state index contributed by atoms with van der Waals surface area (Å²) in [6, 6.07) is 2.22. The zero-order valence-electron chi connectivity index (χ0n) is 8.46. The van der Waals surface area contributed by atoms with Crippen LogP contribution in [0.25, 0.3) is 0 Å². The molecule has 0 spiro atoms. The molecule has 0 aromatic carbocycles. The van der Waals surface area contributed by atoms with Gasteiger partial charge in [-0.05, 0) is 52.7 Å². The van der Waals surface area contributed by atoms with E-state index in [2.05, 4.69) is 35.8 Å². The van der Waals surface area contributed by atoms with Crippen molar-refractivity contribution in [2.75, 3.05) is 0 Å². The molecule has 3 heteroatoms. The van der Waals surface area contributed by atoms with Gasteiger partial charge in [0.05, 0.1) is 9.89 Å². The van der Waals surface area contributed by atoms with Gasteiger partial charge in [0.2, 0.25) is 0 Å². The first-order chi connectivity index (χ1) is 6.63. The zero-order chi connectivity index (χ0) is 10.3. The topological polar surface area (TPSA) is 20.2 Å². The van der Waals surface area contributed by atoms with Gasteiger partial charge in [-0.2, -0.15) is 0 Å². The third kappa shape index (κ3) is 1.66. The number of hydrogen-bond acceptors (Lipinski definition) is 2. The molecule has 1 nitrogen and oxygen atoms in total. The summed E-state index contributed by atoms with van der Waals surface area (Å²) in [6.07, 6.45) is 1.96. The molecule has 1 heterocycles. The maximum absolute atomic E-state index is 9.63. The van der Waals surface area contributed by atoms with Gasteiger partial charge in [0.1, 0.15) is 0 Å². The summed E-state index contributed by atoms with van der Waals surface area (Å²) in [5.41, 5.74) is 1.44.